The zero-order valence-corrected chi connectivity index (χ0v) is 18.3. The average molecular weight is 434 g/mol. The molecule has 32 heavy (non-hydrogen) atoms. The van der Waals surface area contributed by atoms with Gasteiger partial charge in [0.25, 0.3) is 5.91 Å². The zero-order chi connectivity index (χ0) is 22.9. The molecular formula is C25H26N2O5. The van der Waals surface area contributed by atoms with Gasteiger partial charge < -0.3 is 24.8 Å². The predicted molar refractivity (Wildman–Crippen MR) is 124 cm³/mol. The van der Waals surface area contributed by atoms with Crippen LogP contribution in [0.5, 0.6) is 17.2 Å². The van der Waals surface area contributed by atoms with Crippen LogP contribution in [0.4, 0.5) is 11.4 Å². The molecule has 0 radical (unpaired) electrons. The molecule has 2 N–H and O–H groups in total. The van der Waals surface area contributed by atoms with Crippen LogP contribution in [0.1, 0.15) is 29.8 Å². The molecule has 0 atom stereocenters. The number of carbonyl (C=O) groups is 2. The van der Waals surface area contributed by atoms with E-state index in [0.717, 1.165) is 5.56 Å². The summed E-state index contributed by atoms with van der Waals surface area (Å²) >= 11 is 0. The van der Waals surface area contributed by atoms with Crippen molar-refractivity contribution in [2.24, 2.45) is 0 Å². The van der Waals surface area contributed by atoms with Gasteiger partial charge >= 0.3 is 0 Å². The molecule has 7 heteroatoms. The Labute approximate surface area is 187 Å². The highest BCUT2D eigenvalue weighted by Gasteiger charge is 2.12. The van der Waals surface area contributed by atoms with Crippen LogP contribution in [0.15, 0.2) is 66.7 Å². The average Bonchev–Trinajstić information content (AvgIpc) is 2.79. The summed E-state index contributed by atoms with van der Waals surface area (Å²) in [4.78, 5) is 23.9. The van der Waals surface area contributed by atoms with E-state index in [-0.39, 0.29) is 18.4 Å². The third-order valence-corrected chi connectivity index (χ3v) is 4.52. The molecule has 0 spiro atoms. The van der Waals surface area contributed by atoms with Crippen LogP contribution >= 0.6 is 0 Å². The molecule has 7 nitrogen and oxygen atoms in total. The minimum Gasteiger partial charge on any atom is -0.497 e. The second-order valence-corrected chi connectivity index (χ2v) is 6.94. The molecule has 0 aliphatic rings. The Morgan fingerprint density at radius 3 is 2.19 bits per heavy atom. The van der Waals surface area contributed by atoms with Gasteiger partial charge in [-0.05, 0) is 61.5 Å². The highest BCUT2D eigenvalue weighted by Crippen LogP contribution is 2.25. The van der Waals surface area contributed by atoms with Gasteiger partial charge in [-0.2, -0.15) is 0 Å². The van der Waals surface area contributed by atoms with Crippen molar-refractivity contribution in [3.8, 4) is 17.2 Å². The van der Waals surface area contributed by atoms with E-state index in [1.165, 1.54) is 6.92 Å². The largest absolute Gasteiger partial charge is 0.497 e. The van der Waals surface area contributed by atoms with Gasteiger partial charge in [0.1, 0.15) is 23.9 Å². The lowest BCUT2D eigenvalue weighted by atomic mass is 10.1. The molecule has 3 aromatic rings. The van der Waals surface area contributed by atoms with E-state index in [1.54, 1.807) is 55.6 Å². The Bertz CT molecular complexity index is 1080. The SMILES string of the molecule is CCOc1ccc(C(=O)Nc2ccc(NC(C)=O)cc2)cc1COc1cccc(OC)c1. The second-order valence-electron chi connectivity index (χ2n) is 6.94. The highest BCUT2D eigenvalue weighted by atomic mass is 16.5. The Kier molecular flexibility index (Phi) is 7.70. The van der Waals surface area contributed by atoms with Crippen LogP contribution in [0, 0.1) is 0 Å². The molecule has 0 aromatic heterocycles. The Morgan fingerprint density at radius 1 is 0.844 bits per heavy atom. The molecule has 2 amide bonds. The van der Waals surface area contributed by atoms with Gasteiger partial charge in [0.15, 0.2) is 0 Å². The maximum absolute atomic E-state index is 12.8. The van der Waals surface area contributed by atoms with Crippen molar-refractivity contribution in [2.45, 2.75) is 20.5 Å². The van der Waals surface area contributed by atoms with Crippen LogP contribution in [0.25, 0.3) is 0 Å². The summed E-state index contributed by atoms with van der Waals surface area (Å²) in [5.74, 6) is 1.60. The van der Waals surface area contributed by atoms with E-state index in [4.69, 9.17) is 14.2 Å². The van der Waals surface area contributed by atoms with Crippen LogP contribution < -0.4 is 24.8 Å². The standard InChI is InChI=1S/C25H26N2O5/c1-4-31-24-13-8-18(14-19(24)16-32-23-7-5-6-22(15-23)30-3)25(29)27-21-11-9-20(10-12-21)26-17(2)28/h5-15H,4,16H2,1-3H3,(H,26,28)(H,27,29). The summed E-state index contributed by atoms with van der Waals surface area (Å²) in [5, 5.41) is 5.55. The molecule has 0 fully saturated rings. The van der Waals surface area contributed by atoms with Crippen molar-refractivity contribution in [1.82, 2.24) is 0 Å². The minimum atomic E-state index is -0.261. The first-order chi connectivity index (χ1) is 15.5. The van der Waals surface area contributed by atoms with Gasteiger partial charge in [0, 0.05) is 35.5 Å². The van der Waals surface area contributed by atoms with Gasteiger partial charge in [-0.25, -0.2) is 0 Å². The lowest BCUT2D eigenvalue weighted by Gasteiger charge is -2.14. The molecule has 0 bridgehead atoms. The van der Waals surface area contributed by atoms with Gasteiger partial charge in [-0.15, -0.1) is 0 Å². The number of hydrogen-bond donors (Lipinski definition) is 2. The lowest BCUT2D eigenvalue weighted by Crippen LogP contribution is -2.13. The van der Waals surface area contributed by atoms with E-state index < -0.39 is 0 Å². The molecule has 3 rings (SSSR count). The Morgan fingerprint density at radius 2 is 1.53 bits per heavy atom. The van der Waals surface area contributed by atoms with Crippen LogP contribution in [0.3, 0.4) is 0 Å². The predicted octanol–water partition coefficient (Wildman–Crippen LogP) is 4.88. The fourth-order valence-electron chi connectivity index (χ4n) is 3.03. The topological polar surface area (TPSA) is 85.9 Å². The van der Waals surface area contributed by atoms with E-state index in [2.05, 4.69) is 10.6 Å². The fourth-order valence-corrected chi connectivity index (χ4v) is 3.03. The maximum atomic E-state index is 12.8. The summed E-state index contributed by atoms with van der Waals surface area (Å²) < 4.78 is 16.8. The number of carbonyl (C=O) groups excluding carboxylic acids is 2. The van der Waals surface area contributed by atoms with E-state index in [1.807, 2.05) is 25.1 Å². The summed E-state index contributed by atoms with van der Waals surface area (Å²) in [6.07, 6.45) is 0. The van der Waals surface area contributed by atoms with Crippen molar-refractivity contribution in [2.75, 3.05) is 24.4 Å². The van der Waals surface area contributed by atoms with E-state index in [9.17, 15) is 9.59 Å². The monoisotopic (exact) mass is 434 g/mol. The number of benzene rings is 3. The van der Waals surface area contributed by atoms with Crippen molar-refractivity contribution >= 4 is 23.2 Å². The van der Waals surface area contributed by atoms with Gasteiger partial charge in [-0.1, -0.05) is 6.07 Å². The molecule has 0 aliphatic heterocycles. The molecule has 0 saturated heterocycles. The summed E-state index contributed by atoms with van der Waals surface area (Å²) in [7, 11) is 1.60. The molecule has 0 saturated carbocycles. The van der Waals surface area contributed by atoms with Gasteiger partial charge in [0.05, 0.1) is 13.7 Å². The molecule has 0 heterocycles. The molecule has 3 aromatic carbocycles. The van der Waals surface area contributed by atoms with Crippen molar-refractivity contribution < 1.29 is 23.8 Å². The van der Waals surface area contributed by atoms with Gasteiger partial charge in [-0.3, -0.25) is 9.59 Å². The Hall–Kier alpha value is -4.00. The van der Waals surface area contributed by atoms with Crippen LogP contribution in [0.2, 0.25) is 0 Å². The first-order valence-electron chi connectivity index (χ1n) is 10.2. The minimum absolute atomic E-state index is 0.153. The summed E-state index contributed by atoms with van der Waals surface area (Å²) in [5.41, 5.74) is 2.51. The number of amides is 2. The second kappa shape index (κ2) is 10.9. The number of ether oxygens (including phenoxy) is 3. The quantitative estimate of drug-likeness (QED) is 0.501. The smallest absolute Gasteiger partial charge is 0.255 e. The molecule has 0 unspecified atom stereocenters. The zero-order valence-electron chi connectivity index (χ0n) is 18.3. The van der Waals surface area contributed by atoms with Gasteiger partial charge in [0.2, 0.25) is 5.91 Å². The van der Waals surface area contributed by atoms with Crippen LogP contribution in [-0.2, 0) is 11.4 Å². The number of methoxy groups -OCH3 is 1. The third-order valence-electron chi connectivity index (χ3n) is 4.52. The molecule has 166 valence electrons. The number of rotatable bonds is 9. The molecule has 0 aliphatic carbocycles. The Balaban J connectivity index is 1.73. The first-order valence-corrected chi connectivity index (χ1v) is 10.2. The van der Waals surface area contributed by atoms with E-state index >= 15 is 0 Å². The summed E-state index contributed by atoms with van der Waals surface area (Å²) in [6, 6.07) is 19.5. The van der Waals surface area contributed by atoms with E-state index in [0.29, 0.717) is 40.8 Å². The lowest BCUT2D eigenvalue weighted by molar-refractivity contribution is -0.114. The number of hydrogen-bond acceptors (Lipinski definition) is 5. The third kappa shape index (κ3) is 6.25. The summed E-state index contributed by atoms with van der Waals surface area (Å²) in [6.45, 7) is 4.07. The highest BCUT2D eigenvalue weighted by molar-refractivity contribution is 6.04. The molecular weight excluding hydrogens is 408 g/mol. The number of nitrogens with one attached hydrogen (secondary N) is 2. The first kappa shape index (κ1) is 22.7. The number of anilines is 2. The van der Waals surface area contributed by atoms with Crippen molar-refractivity contribution in [1.29, 1.82) is 0 Å². The van der Waals surface area contributed by atoms with Crippen molar-refractivity contribution in [3.63, 3.8) is 0 Å². The normalized spacial score (nSPS) is 10.2. The van der Waals surface area contributed by atoms with Crippen LogP contribution in [-0.4, -0.2) is 25.5 Å². The maximum Gasteiger partial charge on any atom is 0.255 e. The van der Waals surface area contributed by atoms with Crippen molar-refractivity contribution in [3.05, 3.63) is 77.9 Å². The fraction of sp³-hybridized carbons (Fsp3) is 0.200.